The molecule has 1 fully saturated rings. The summed E-state index contributed by atoms with van der Waals surface area (Å²) in [7, 11) is 1.57. The van der Waals surface area contributed by atoms with Crippen LogP contribution in [-0.4, -0.2) is 36.3 Å². The number of hydrogen-bond donors (Lipinski definition) is 0. The van der Waals surface area contributed by atoms with Crippen LogP contribution in [0.2, 0.25) is 0 Å². The van der Waals surface area contributed by atoms with Crippen molar-refractivity contribution in [1.82, 2.24) is 4.90 Å². The van der Waals surface area contributed by atoms with Crippen molar-refractivity contribution in [2.45, 2.75) is 33.3 Å². The van der Waals surface area contributed by atoms with E-state index in [1.54, 1.807) is 19.3 Å². The average Bonchev–Trinajstić information content (AvgIpc) is 3.23. The molecule has 2 amide bonds. The molecule has 1 saturated heterocycles. The molecular formula is C34H32BrNO5S. The average molecular weight is 647 g/mol. The molecule has 0 spiro atoms. The summed E-state index contributed by atoms with van der Waals surface area (Å²) in [4.78, 5) is 27.5. The third-order valence-corrected chi connectivity index (χ3v) is 8.54. The molecular weight excluding hydrogens is 614 g/mol. The van der Waals surface area contributed by atoms with Crippen LogP contribution in [0, 0.1) is 6.92 Å². The van der Waals surface area contributed by atoms with E-state index in [1.807, 2.05) is 43.3 Å². The lowest BCUT2D eigenvalue weighted by molar-refractivity contribution is -0.123. The second kappa shape index (κ2) is 13.0. The summed E-state index contributed by atoms with van der Waals surface area (Å²) >= 11 is 4.53. The fourth-order valence-electron chi connectivity index (χ4n) is 4.87. The minimum Gasteiger partial charge on any atom is -0.493 e. The predicted molar refractivity (Wildman–Crippen MR) is 172 cm³/mol. The number of thioether (sulfide) groups is 1. The maximum absolute atomic E-state index is 13.2. The molecule has 0 bridgehead atoms. The highest BCUT2D eigenvalue weighted by Crippen LogP contribution is 2.40. The Morgan fingerprint density at radius 3 is 2.52 bits per heavy atom. The molecule has 8 heteroatoms. The van der Waals surface area contributed by atoms with Gasteiger partial charge >= 0.3 is 0 Å². The number of amides is 2. The Hall–Kier alpha value is -3.75. The lowest BCUT2D eigenvalue weighted by Gasteiger charge is -2.17. The Morgan fingerprint density at radius 1 is 0.952 bits per heavy atom. The van der Waals surface area contributed by atoms with Gasteiger partial charge in [-0.15, -0.1) is 0 Å². The number of aryl methyl sites for hydroxylation is 1. The highest BCUT2D eigenvalue weighted by Gasteiger charge is 2.35. The van der Waals surface area contributed by atoms with Crippen LogP contribution in [0.25, 0.3) is 16.8 Å². The van der Waals surface area contributed by atoms with Crippen molar-refractivity contribution in [1.29, 1.82) is 0 Å². The summed E-state index contributed by atoms with van der Waals surface area (Å²) in [6.45, 7) is 6.97. The van der Waals surface area contributed by atoms with Gasteiger partial charge in [-0.3, -0.25) is 14.5 Å². The molecule has 0 radical (unpaired) electrons. The van der Waals surface area contributed by atoms with Gasteiger partial charge in [-0.1, -0.05) is 68.4 Å². The molecule has 4 aromatic carbocycles. The van der Waals surface area contributed by atoms with Crippen LogP contribution in [0.15, 0.2) is 82.2 Å². The Balaban J connectivity index is 1.28. The first-order chi connectivity index (χ1) is 20.2. The van der Waals surface area contributed by atoms with Crippen molar-refractivity contribution < 1.29 is 23.8 Å². The van der Waals surface area contributed by atoms with Crippen LogP contribution in [0.3, 0.4) is 0 Å². The number of carbonyl (C=O) groups excluding carboxylic acids is 2. The second-order valence-corrected chi connectivity index (χ2v) is 12.2. The number of rotatable bonds is 10. The van der Waals surface area contributed by atoms with Gasteiger partial charge in [0.05, 0.1) is 23.0 Å². The molecule has 1 aliphatic rings. The number of fused-ring (bicyclic) bond motifs is 1. The quantitative estimate of drug-likeness (QED) is 0.161. The van der Waals surface area contributed by atoms with Crippen molar-refractivity contribution >= 4 is 55.7 Å². The first-order valence-corrected chi connectivity index (χ1v) is 15.3. The molecule has 0 atom stereocenters. The van der Waals surface area contributed by atoms with Gasteiger partial charge in [-0.05, 0) is 97.8 Å². The van der Waals surface area contributed by atoms with Crippen LogP contribution in [0.4, 0.5) is 4.79 Å². The first-order valence-electron chi connectivity index (χ1n) is 13.7. The maximum Gasteiger partial charge on any atom is 0.293 e. The van der Waals surface area contributed by atoms with Crippen molar-refractivity contribution in [2.24, 2.45) is 0 Å². The highest BCUT2D eigenvalue weighted by molar-refractivity contribution is 9.10. The van der Waals surface area contributed by atoms with Crippen LogP contribution >= 0.6 is 27.7 Å². The lowest BCUT2D eigenvalue weighted by Crippen LogP contribution is -2.32. The molecule has 216 valence electrons. The van der Waals surface area contributed by atoms with Crippen molar-refractivity contribution in [3.05, 3.63) is 104 Å². The zero-order valence-corrected chi connectivity index (χ0v) is 26.4. The van der Waals surface area contributed by atoms with E-state index in [-0.39, 0.29) is 24.3 Å². The van der Waals surface area contributed by atoms with Crippen LogP contribution in [0.1, 0.15) is 42.0 Å². The van der Waals surface area contributed by atoms with Crippen molar-refractivity contribution in [3.63, 3.8) is 0 Å². The monoisotopic (exact) mass is 645 g/mol. The molecule has 0 aromatic heterocycles. The Kier molecular flexibility index (Phi) is 9.24. The summed E-state index contributed by atoms with van der Waals surface area (Å²) in [5.41, 5.74) is 3.96. The Bertz CT molecular complexity index is 1680. The van der Waals surface area contributed by atoms with Gasteiger partial charge < -0.3 is 14.2 Å². The van der Waals surface area contributed by atoms with Gasteiger partial charge in [0.2, 0.25) is 0 Å². The van der Waals surface area contributed by atoms with Crippen molar-refractivity contribution in [3.8, 4) is 17.2 Å². The fourth-order valence-corrected chi connectivity index (χ4v) is 6.31. The standard InChI is InChI=1S/C34H32BrNO5S/c1-21(2)26-13-12-22(3)16-29(26)40-15-14-36-33(37)31(42-34(36)38)19-23-17-28(35)32(30(18-23)39-4)41-20-25-10-7-9-24-8-5-6-11-27(24)25/h5-13,16-19,21H,14-15,20H2,1-4H3/b31-19-. The van der Waals surface area contributed by atoms with Crippen molar-refractivity contribution in [2.75, 3.05) is 20.3 Å². The third-order valence-electron chi connectivity index (χ3n) is 7.04. The molecule has 42 heavy (non-hydrogen) atoms. The molecule has 5 rings (SSSR count). The summed E-state index contributed by atoms with van der Waals surface area (Å²) in [6.07, 6.45) is 1.70. The minimum atomic E-state index is -0.340. The number of carbonyl (C=O) groups is 2. The lowest BCUT2D eigenvalue weighted by atomic mass is 10.0. The largest absolute Gasteiger partial charge is 0.493 e. The van der Waals surface area contributed by atoms with Gasteiger partial charge in [0, 0.05) is 0 Å². The summed E-state index contributed by atoms with van der Waals surface area (Å²) in [5, 5.41) is 1.97. The van der Waals surface area contributed by atoms with Gasteiger partial charge in [-0.25, -0.2) is 0 Å². The number of hydrogen-bond acceptors (Lipinski definition) is 6. The van der Waals surface area contributed by atoms with Crippen LogP contribution in [-0.2, 0) is 11.4 Å². The zero-order chi connectivity index (χ0) is 29.8. The molecule has 6 nitrogen and oxygen atoms in total. The molecule has 0 saturated carbocycles. The van der Waals surface area contributed by atoms with E-state index in [4.69, 9.17) is 14.2 Å². The Labute approximate surface area is 258 Å². The van der Waals surface area contributed by atoms with E-state index in [0.29, 0.717) is 39.0 Å². The van der Waals surface area contributed by atoms with E-state index in [1.165, 1.54) is 4.90 Å². The second-order valence-electron chi connectivity index (χ2n) is 10.3. The number of methoxy groups -OCH3 is 1. The highest BCUT2D eigenvalue weighted by atomic mass is 79.9. The number of halogens is 1. The smallest absolute Gasteiger partial charge is 0.293 e. The third kappa shape index (κ3) is 6.50. The van der Waals surface area contributed by atoms with E-state index in [2.05, 4.69) is 60.1 Å². The summed E-state index contributed by atoms with van der Waals surface area (Å²) < 4.78 is 18.5. The number of imide groups is 1. The van der Waals surface area contributed by atoms with Gasteiger partial charge in [0.1, 0.15) is 19.0 Å². The maximum atomic E-state index is 13.2. The van der Waals surface area contributed by atoms with E-state index >= 15 is 0 Å². The molecule has 0 N–H and O–H groups in total. The minimum absolute atomic E-state index is 0.168. The molecule has 1 heterocycles. The van der Waals surface area contributed by atoms with E-state index < -0.39 is 0 Å². The summed E-state index contributed by atoms with van der Waals surface area (Å²) in [5.74, 6) is 1.82. The molecule has 1 aliphatic heterocycles. The molecule has 0 aliphatic carbocycles. The molecule has 0 unspecified atom stereocenters. The van der Waals surface area contributed by atoms with E-state index in [9.17, 15) is 9.59 Å². The van der Waals surface area contributed by atoms with Gasteiger partial charge in [-0.2, -0.15) is 0 Å². The number of nitrogens with zero attached hydrogens (tertiary/aromatic N) is 1. The van der Waals surface area contributed by atoms with Crippen LogP contribution < -0.4 is 14.2 Å². The normalized spacial score (nSPS) is 14.3. The predicted octanol–water partition coefficient (Wildman–Crippen LogP) is 8.74. The van der Waals surface area contributed by atoms with Crippen LogP contribution in [0.5, 0.6) is 17.2 Å². The SMILES string of the molecule is COc1cc(/C=C2\SC(=O)N(CCOc3cc(C)ccc3C(C)C)C2=O)cc(Br)c1OCc1cccc2ccccc12. The molecule has 4 aromatic rings. The summed E-state index contributed by atoms with van der Waals surface area (Å²) in [6, 6.07) is 24.1. The van der Waals surface area contributed by atoms with Gasteiger partial charge in [0.15, 0.2) is 11.5 Å². The number of ether oxygens (including phenoxy) is 3. The fraction of sp³-hybridized carbons (Fsp3) is 0.235. The van der Waals surface area contributed by atoms with Gasteiger partial charge in [0.25, 0.3) is 11.1 Å². The van der Waals surface area contributed by atoms with E-state index in [0.717, 1.165) is 45.0 Å². The zero-order valence-electron chi connectivity index (χ0n) is 24.0. The first kappa shape index (κ1) is 29.7. The number of benzene rings is 4. The Morgan fingerprint density at radius 2 is 1.74 bits per heavy atom. The topological polar surface area (TPSA) is 65.1 Å².